The third kappa shape index (κ3) is 2.51. The van der Waals surface area contributed by atoms with Gasteiger partial charge in [-0.15, -0.1) is 0 Å². The minimum atomic E-state index is -0.0300. The highest BCUT2D eigenvalue weighted by Crippen LogP contribution is 2.21. The highest BCUT2D eigenvalue weighted by Gasteiger charge is 2.23. The molecule has 0 aliphatic carbocycles. The van der Waals surface area contributed by atoms with Crippen molar-refractivity contribution in [3.05, 3.63) is 18.1 Å². The van der Waals surface area contributed by atoms with E-state index in [0.29, 0.717) is 11.5 Å². The Kier molecular flexibility index (Phi) is 3.93. The Morgan fingerprint density at radius 3 is 3.06 bits per heavy atom. The van der Waals surface area contributed by atoms with Gasteiger partial charge in [-0.05, 0) is 12.8 Å². The molecule has 0 saturated carbocycles. The Hall–Kier alpha value is -1.89. The number of hydrogen-bond donors (Lipinski definition) is 2. The maximum Gasteiger partial charge on any atom is 0.192 e. The summed E-state index contributed by atoms with van der Waals surface area (Å²) in [6, 6.07) is 0. The molecule has 0 radical (unpaired) electrons. The summed E-state index contributed by atoms with van der Waals surface area (Å²) in [5.74, 6) is 0.604. The summed E-state index contributed by atoms with van der Waals surface area (Å²) in [6.45, 7) is 1.60. The van der Waals surface area contributed by atoms with Gasteiger partial charge in [0.05, 0.1) is 6.10 Å². The fraction of sp³-hybridized carbons (Fsp3) is 0.545. The van der Waals surface area contributed by atoms with Crippen LogP contribution in [-0.4, -0.2) is 47.3 Å². The van der Waals surface area contributed by atoms with Gasteiger partial charge < -0.3 is 20.6 Å². The van der Waals surface area contributed by atoms with Gasteiger partial charge in [-0.1, -0.05) is 5.16 Å². The quantitative estimate of drug-likeness (QED) is 0.344. The molecule has 7 heteroatoms. The first-order valence-corrected chi connectivity index (χ1v) is 5.83. The Bertz CT molecular complexity index is 437. The van der Waals surface area contributed by atoms with Crippen molar-refractivity contribution in [2.45, 2.75) is 18.9 Å². The number of nitrogens with two attached hydrogens (primary N) is 1. The molecule has 0 bridgehead atoms. The van der Waals surface area contributed by atoms with E-state index in [1.54, 1.807) is 13.3 Å². The second-order valence-corrected chi connectivity index (χ2v) is 4.16. The molecule has 2 rings (SSSR count). The first kappa shape index (κ1) is 12.6. The molecule has 0 aromatic carbocycles. The van der Waals surface area contributed by atoms with E-state index in [1.165, 1.54) is 6.20 Å². The van der Waals surface area contributed by atoms with E-state index >= 15 is 0 Å². The fourth-order valence-corrected chi connectivity index (χ4v) is 2.11. The van der Waals surface area contributed by atoms with Crippen molar-refractivity contribution in [2.75, 3.05) is 25.1 Å². The molecule has 1 unspecified atom stereocenters. The number of aromatic nitrogens is 2. The molecule has 2 heterocycles. The minimum Gasteiger partial charge on any atom is -0.409 e. The van der Waals surface area contributed by atoms with Gasteiger partial charge in [-0.25, -0.2) is 9.97 Å². The van der Waals surface area contributed by atoms with Crippen LogP contribution in [0.1, 0.15) is 18.5 Å². The minimum absolute atomic E-state index is 0.0300. The third-order valence-corrected chi connectivity index (χ3v) is 3.04. The summed E-state index contributed by atoms with van der Waals surface area (Å²) >= 11 is 0. The fourth-order valence-electron chi connectivity index (χ4n) is 2.11. The van der Waals surface area contributed by atoms with Crippen LogP contribution in [0.25, 0.3) is 0 Å². The molecular formula is C11H17N5O2. The van der Waals surface area contributed by atoms with Crippen molar-refractivity contribution >= 4 is 11.7 Å². The van der Waals surface area contributed by atoms with Crippen molar-refractivity contribution in [3.8, 4) is 0 Å². The molecular weight excluding hydrogens is 234 g/mol. The number of ether oxygens (including phenoxy) is 1. The van der Waals surface area contributed by atoms with E-state index in [0.717, 1.165) is 25.9 Å². The summed E-state index contributed by atoms with van der Waals surface area (Å²) in [6.07, 6.45) is 5.35. The van der Waals surface area contributed by atoms with Gasteiger partial charge in [-0.2, -0.15) is 0 Å². The number of methoxy groups -OCH3 is 1. The Morgan fingerprint density at radius 2 is 2.33 bits per heavy atom. The van der Waals surface area contributed by atoms with Crippen LogP contribution in [0.4, 0.5) is 5.82 Å². The van der Waals surface area contributed by atoms with Gasteiger partial charge in [0, 0.05) is 32.6 Å². The second-order valence-electron chi connectivity index (χ2n) is 4.16. The first-order chi connectivity index (χ1) is 8.76. The zero-order chi connectivity index (χ0) is 13.0. The molecule has 3 N–H and O–H groups in total. The van der Waals surface area contributed by atoms with Crippen LogP contribution in [0, 0.1) is 0 Å². The monoisotopic (exact) mass is 251 g/mol. The number of oxime groups is 1. The molecule has 1 aromatic rings. The lowest BCUT2D eigenvalue weighted by Crippen LogP contribution is -2.41. The van der Waals surface area contributed by atoms with Crippen LogP contribution in [0.5, 0.6) is 0 Å². The van der Waals surface area contributed by atoms with Gasteiger partial charge in [0.2, 0.25) is 0 Å². The lowest BCUT2D eigenvalue weighted by Gasteiger charge is -2.33. The molecule has 1 fully saturated rings. The zero-order valence-corrected chi connectivity index (χ0v) is 10.3. The van der Waals surface area contributed by atoms with E-state index in [-0.39, 0.29) is 11.9 Å². The third-order valence-electron chi connectivity index (χ3n) is 3.04. The average molecular weight is 251 g/mol. The maximum atomic E-state index is 8.76. The molecule has 1 aromatic heterocycles. The van der Waals surface area contributed by atoms with Crippen molar-refractivity contribution in [2.24, 2.45) is 10.9 Å². The molecule has 1 atom stereocenters. The van der Waals surface area contributed by atoms with E-state index in [9.17, 15) is 0 Å². The highest BCUT2D eigenvalue weighted by atomic mass is 16.5. The zero-order valence-electron chi connectivity index (χ0n) is 10.3. The molecule has 18 heavy (non-hydrogen) atoms. The van der Waals surface area contributed by atoms with Gasteiger partial charge in [0.15, 0.2) is 17.3 Å². The summed E-state index contributed by atoms with van der Waals surface area (Å²) in [4.78, 5) is 10.4. The van der Waals surface area contributed by atoms with E-state index in [1.807, 2.05) is 0 Å². The topological polar surface area (TPSA) is 96.9 Å². The van der Waals surface area contributed by atoms with Crippen LogP contribution >= 0.6 is 0 Å². The maximum absolute atomic E-state index is 8.76. The number of piperidine rings is 1. The number of rotatable bonds is 3. The van der Waals surface area contributed by atoms with Crippen molar-refractivity contribution in [3.63, 3.8) is 0 Å². The second kappa shape index (κ2) is 5.63. The molecule has 1 aliphatic heterocycles. The molecule has 0 spiro atoms. The standard InChI is InChI=1S/C11H17N5O2/c1-18-8-3-2-6-16(7-8)11-9(10(12)15-17)13-4-5-14-11/h4-5,8,17H,2-3,6-7H2,1H3,(H2,12,15). The SMILES string of the molecule is COC1CCCN(c2nccnc2C(N)=NO)C1. The largest absolute Gasteiger partial charge is 0.409 e. The lowest BCUT2D eigenvalue weighted by molar-refractivity contribution is 0.0891. The summed E-state index contributed by atoms with van der Waals surface area (Å²) in [5.41, 5.74) is 6.01. The number of amidine groups is 1. The van der Waals surface area contributed by atoms with Crippen LogP contribution in [0.3, 0.4) is 0 Å². The van der Waals surface area contributed by atoms with Crippen LogP contribution in [0.15, 0.2) is 17.5 Å². The predicted octanol–water partition coefficient (Wildman–Crippen LogP) is 0.186. The molecule has 0 amide bonds. The van der Waals surface area contributed by atoms with E-state index in [2.05, 4.69) is 20.0 Å². The van der Waals surface area contributed by atoms with Gasteiger partial charge in [0.1, 0.15) is 0 Å². The Balaban J connectivity index is 2.27. The van der Waals surface area contributed by atoms with Gasteiger partial charge in [0.25, 0.3) is 0 Å². The highest BCUT2D eigenvalue weighted by molar-refractivity contribution is 5.99. The molecule has 7 nitrogen and oxygen atoms in total. The van der Waals surface area contributed by atoms with Crippen molar-refractivity contribution in [1.29, 1.82) is 0 Å². The van der Waals surface area contributed by atoms with Crippen molar-refractivity contribution in [1.82, 2.24) is 9.97 Å². The predicted molar refractivity (Wildman–Crippen MR) is 66.8 cm³/mol. The van der Waals surface area contributed by atoms with Crippen LogP contribution < -0.4 is 10.6 Å². The van der Waals surface area contributed by atoms with Gasteiger partial charge in [-0.3, -0.25) is 0 Å². The van der Waals surface area contributed by atoms with E-state index in [4.69, 9.17) is 15.7 Å². The number of hydrogen-bond acceptors (Lipinski definition) is 6. The van der Waals surface area contributed by atoms with Crippen LogP contribution in [-0.2, 0) is 4.74 Å². The Morgan fingerprint density at radius 1 is 1.56 bits per heavy atom. The Labute approximate surface area is 105 Å². The molecule has 1 saturated heterocycles. The molecule has 1 aliphatic rings. The van der Waals surface area contributed by atoms with E-state index < -0.39 is 0 Å². The summed E-state index contributed by atoms with van der Waals surface area (Å²) in [7, 11) is 1.70. The summed E-state index contributed by atoms with van der Waals surface area (Å²) < 4.78 is 5.37. The number of nitrogens with zero attached hydrogens (tertiary/aromatic N) is 4. The molecule has 98 valence electrons. The lowest BCUT2D eigenvalue weighted by atomic mass is 10.1. The normalized spacial score (nSPS) is 21.1. The smallest absolute Gasteiger partial charge is 0.192 e. The first-order valence-electron chi connectivity index (χ1n) is 5.83. The summed E-state index contributed by atoms with van der Waals surface area (Å²) in [5, 5.41) is 11.7. The van der Waals surface area contributed by atoms with Crippen molar-refractivity contribution < 1.29 is 9.94 Å². The number of anilines is 1. The average Bonchev–Trinajstić information content (AvgIpc) is 2.46. The van der Waals surface area contributed by atoms with Gasteiger partial charge >= 0.3 is 0 Å². The van der Waals surface area contributed by atoms with Crippen LogP contribution in [0.2, 0.25) is 0 Å².